The van der Waals surface area contributed by atoms with Crippen LogP contribution in [0.5, 0.6) is 0 Å². The molecular formula is C10H10Cl2O3S. The van der Waals surface area contributed by atoms with E-state index in [4.69, 9.17) is 28.3 Å². The Hall–Kier alpha value is -0.580. The van der Waals surface area contributed by atoms with Crippen molar-refractivity contribution in [2.45, 2.75) is 20.3 Å². The van der Waals surface area contributed by atoms with Gasteiger partial charge in [0.2, 0.25) is 0 Å². The first kappa shape index (κ1) is 13.5. The van der Waals surface area contributed by atoms with Crippen LogP contribution in [0.1, 0.15) is 30.6 Å². The lowest BCUT2D eigenvalue weighted by atomic mass is 9.86. The molecule has 0 aliphatic heterocycles. The molecular weight excluding hydrogens is 271 g/mol. The van der Waals surface area contributed by atoms with Gasteiger partial charge in [0.1, 0.15) is 4.34 Å². The molecule has 0 aliphatic carbocycles. The number of thiophene rings is 1. The first-order valence-electron chi connectivity index (χ1n) is 4.45. The van der Waals surface area contributed by atoms with Crippen molar-refractivity contribution >= 4 is 46.3 Å². The zero-order valence-corrected chi connectivity index (χ0v) is 11.0. The normalized spacial score (nSPS) is 11.5. The van der Waals surface area contributed by atoms with Crippen LogP contribution in [0.25, 0.3) is 0 Å². The molecule has 1 aromatic heterocycles. The Balaban J connectivity index is 2.89. The van der Waals surface area contributed by atoms with Gasteiger partial charge in [0.15, 0.2) is 5.78 Å². The molecule has 1 aromatic rings. The van der Waals surface area contributed by atoms with Crippen LogP contribution in [0, 0.1) is 5.41 Å². The van der Waals surface area contributed by atoms with E-state index in [2.05, 4.69) is 0 Å². The second-order valence-electron chi connectivity index (χ2n) is 4.03. The highest BCUT2D eigenvalue weighted by Gasteiger charge is 2.31. The highest BCUT2D eigenvalue weighted by atomic mass is 35.5. The Morgan fingerprint density at radius 2 is 2.00 bits per heavy atom. The van der Waals surface area contributed by atoms with E-state index in [1.54, 1.807) is 0 Å². The van der Waals surface area contributed by atoms with E-state index in [1.165, 1.54) is 19.9 Å². The molecule has 6 heteroatoms. The predicted molar refractivity (Wildman–Crippen MR) is 64.7 cm³/mol. The number of aliphatic carboxylic acids is 1. The lowest BCUT2D eigenvalue weighted by Crippen LogP contribution is -2.26. The molecule has 0 aliphatic rings. The van der Waals surface area contributed by atoms with Gasteiger partial charge in [-0.15, -0.1) is 11.3 Å². The van der Waals surface area contributed by atoms with Crippen molar-refractivity contribution in [1.82, 2.24) is 0 Å². The molecule has 0 atom stereocenters. The van der Waals surface area contributed by atoms with E-state index in [0.717, 1.165) is 11.3 Å². The van der Waals surface area contributed by atoms with Gasteiger partial charge in [0.25, 0.3) is 0 Å². The Kier molecular flexibility index (Phi) is 3.99. The highest BCUT2D eigenvalue weighted by molar-refractivity contribution is 7.20. The number of carboxylic acids is 1. The molecule has 0 amide bonds. The van der Waals surface area contributed by atoms with Gasteiger partial charge < -0.3 is 5.11 Å². The maximum absolute atomic E-state index is 11.8. The van der Waals surface area contributed by atoms with Crippen molar-refractivity contribution in [3.8, 4) is 0 Å². The van der Waals surface area contributed by atoms with Crippen molar-refractivity contribution < 1.29 is 14.7 Å². The summed E-state index contributed by atoms with van der Waals surface area (Å²) in [6.45, 7) is 2.99. The van der Waals surface area contributed by atoms with Gasteiger partial charge in [-0.1, -0.05) is 23.2 Å². The number of halogens is 2. The summed E-state index contributed by atoms with van der Waals surface area (Å²) in [4.78, 5) is 22.7. The van der Waals surface area contributed by atoms with Gasteiger partial charge >= 0.3 is 5.97 Å². The van der Waals surface area contributed by atoms with E-state index < -0.39 is 11.4 Å². The Morgan fingerprint density at radius 1 is 1.44 bits per heavy atom. The third-order valence-electron chi connectivity index (χ3n) is 2.14. The Labute approximate surface area is 107 Å². The van der Waals surface area contributed by atoms with E-state index >= 15 is 0 Å². The summed E-state index contributed by atoms with van der Waals surface area (Å²) in [5.41, 5.74) is -0.805. The molecule has 16 heavy (non-hydrogen) atoms. The van der Waals surface area contributed by atoms with Crippen molar-refractivity contribution in [1.29, 1.82) is 0 Å². The minimum atomic E-state index is -1.10. The minimum absolute atomic E-state index is 0.102. The van der Waals surface area contributed by atoms with E-state index in [9.17, 15) is 9.59 Å². The molecule has 0 radical (unpaired) electrons. The maximum atomic E-state index is 11.8. The standard InChI is InChI=1S/C10H10Cl2O3S/c1-10(2,9(14)15)4-6(13)5-3-7(11)16-8(5)12/h3H,4H2,1-2H3,(H,14,15). The average Bonchev–Trinajstić information content (AvgIpc) is 2.44. The zero-order valence-electron chi connectivity index (χ0n) is 8.71. The van der Waals surface area contributed by atoms with Crippen LogP contribution in [-0.4, -0.2) is 16.9 Å². The van der Waals surface area contributed by atoms with Crippen LogP contribution in [0.15, 0.2) is 6.07 Å². The highest BCUT2D eigenvalue weighted by Crippen LogP contribution is 2.34. The number of Topliss-reactive ketones (excluding diaryl/α,β-unsaturated/α-hetero) is 1. The number of rotatable bonds is 4. The summed E-state index contributed by atoms with van der Waals surface area (Å²) in [5, 5.41) is 8.90. The van der Waals surface area contributed by atoms with Gasteiger partial charge in [-0.05, 0) is 19.9 Å². The van der Waals surface area contributed by atoms with Crippen LogP contribution < -0.4 is 0 Å². The lowest BCUT2D eigenvalue weighted by molar-refractivity contribution is -0.146. The summed E-state index contributed by atoms with van der Waals surface area (Å²) in [5.74, 6) is -1.32. The topological polar surface area (TPSA) is 54.4 Å². The van der Waals surface area contributed by atoms with E-state index in [0.29, 0.717) is 14.2 Å². The summed E-state index contributed by atoms with van der Waals surface area (Å²) in [7, 11) is 0. The number of ketones is 1. The molecule has 0 unspecified atom stereocenters. The smallest absolute Gasteiger partial charge is 0.309 e. The van der Waals surface area contributed by atoms with Crippen molar-refractivity contribution in [2.24, 2.45) is 5.41 Å². The molecule has 1 N–H and O–H groups in total. The average molecular weight is 281 g/mol. The van der Waals surface area contributed by atoms with Gasteiger partial charge in [-0.3, -0.25) is 9.59 Å². The fourth-order valence-corrected chi connectivity index (χ4v) is 2.60. The molecule has 3 nitrogen and oxygen atoms in total. The Morgan fingerprint density at radius 3 is 2.38 bits per heavy atom. The summed E-state index contributed by atoms with van der Waals surface area (Å²) < 4.78 is 0.720. The predicted octanol–water partition coefficient (Wildman–Crippen LogP) is 3.74. The molecule has 0 spiro atoms. The molecule has 1 heterocycles. The number of carbonyl (C=O) groups is 2. The number of hydrogen-bond acceptors (Lipinski definition) is 3. The number of carbonyl (C=O) groups excluding carboxylic acids is 1. The number of carboxylic acid groups (broad SMARTS) is 1. The maximum Gasteiger partial charge on any atom is 0.309 e. The molecule has 0 fully saturated rings. The summed E-state index contributed by atoms with van der Waals surface area (Å²) >= 11 is 12.6. The fraction of sp³-hybridized carbons (Fsp3) is 0.400. The minimum Gasteiger partial charge on any atom is -0.481 e. The quantitative estimate of drug-likeness (QED) is 0.855. The molecule has 0 saturated carbocycles. The van der Waals surface area contributed by atoms with Gasteiger partial charge in [0.05, 0.1) is 9.75 Å². The second-order valence-corrected chi connectivity index (χ2v) is 6.31. The first-order valence-corrected chi connectivity index (χ1v) is 6.02. The third kappa shape index (κ3) is 2.97. The SMILES string of the molecule is CC(C)(CC(=O)c1cc(Cl)sc1Cl)C(=O)O. The molecule has 0 aromatic carbocycles. The largest absolute Gasteiger partial charge is 0.481 e. The van der Waals surface area contributed by atoms with E-state index in [-0.39, 0.29) is 12.2 Å². The first-order chi connectivity index (χ1) is 7.24. The zero-order chi connectivity index (χ0) is 12.5. The lowest BCUT2D eigenvalue weighted by Gasteiger charge is -2.17. The second kappa shape index (κ2) is 4.73. The Bertz CT molecular complexity index is 437. The van der Waals surface area contributed by atoms with Crippen LogP contribution in [-0.2, 0) is 4.79 Å². The van der Waals surface area contributed by atoms with Crippen molar-refractivity contribution in [2.75, 3.05) is 0 Å². The van der Waals surface area contributed by atoms with Crippen LogP contribution in [0.2, 0.25) is 8.67 Å². The van der Waals surface area contributed by atoms with Crippen molar-refractivity contribution in [3.05, 3.63) is 20.3 Å². The summed E-state index contributed by atoms with van der Waals surface area (Å²) in [6, 6.07) is 1.47. The number of hydrogen-bond donors (Lipinski definition) is 1. The van der Waals surface area contributed by atoms with Gasteiger partial charge in [-0.25, -0.2) is 0 Å². The molecule has 1 rings (SSSR count). The third-order valence-corrected chi connectivity index (χ3v) is 3.63. The van der Waals surface area contributed by atoms with Gasteiger partial charge in [-0.2, -0.15) is 0 Å². The molecule has 0 saturated heterocycles. The van der Waals surface area contributed by atoms with Crippen molar-refractivity contribution in [3.63, 3.8) is 0 Å². The molecule has 0 bridgehead atoms. The van der Waals surface area contributed by atoms with Crippen LogP contribution in [0.3, 0.4) is 0 Å². The van der Waals surface area contributed by atoms with Crippen LogP contribution >= 0.6 is 34.5 Å². The van der Waals surface area contributed by atoms with E-state index in [1.807, 2.05) is 0 Å². The summed E-state index contributed by atoms with van der Waals surface area (Å²) in [6.07, 6.45) is -0.102. The van der Waals surface area contributed by atoms with Gasteiger partial charge in [0, 0.05) is 12.0 Å². The monoisotopic (exact) mass is 280 g/mol. The van der Waals surface area contributed by atoms with Crippen LogP contribution in [0.4, 0.5) is 0 Å². The molecule has 88 valence electrons. The fourth-order valence-electron chi connectivity index (χ4n) is 1.10.